The average Bonchev–Trinajstić information content (AvgIpc) is 3.40. The Balaban J connectivity index is 1.53. The monoisotopic (exact) mass is 421 g/mol. The van der Waals surface area contributed by atoms with Crippen molar-refractivity contribution >= 4 is 17.3 Å². The summed E-state index contributed by atoms with van der Waals surface area (Å²) in [4.78, 5) is 6.93. The first kappa shape index (κ1) is 19.2. The third-order valence-corrected chi connectivity index (χ3v) is 6.48. The van der Waals surface area contributed by atoms with Gasteiger partial charge in [-0.15, -0.1) is 0 Å². The van der Waals surface area contributed by atoms with Gasteiger partial charge in [-0.25, -0.2) is 4.39 Å². The van der Waals surface area contributed by atoms with Crippen molar-refractivity contribution in [1.29, 1.82) is 0 Å². The number of benzene rings is 1. The SMILES string of the molecule is Fc1ccc(-c2ccc([C@@H]3[C@@H](c4ccccn4)NC(=S)N3C3CCCCC3)o2)cc1. The molecule has 2 aliphatic rings. The van der Waals surface area contributed by atoms with E-state index in [1.54, 1.807) is 12.1 Å². The molecule has 1 aliphatic heterocycles. The lowest BCUT2D eigenvalue weighted by Crippen LogP contribution is -2.40. The molecular formula is C24H24FN3OS. The molecule has 3 heterocycles. The highest BCUT2D eigenvalue weighted by molar-refractivity contribution is 7.80. The Morgan fingerprint density at radius 2 is 1.80 bits per heavy atom. The number of pyridine rings is 1. The maximum Gasteiger partial charge on any atom is 0.170 e. The standard InChI is InChI=1S/C24H24FN3OS/c25-17-11-9-16(10-12-17)20-13-14-21(29-20)23-22(19-8-4-5-15-26-19)27-24(30)28(23)18-6-2-1-3-7-18/h4-5,8-15,18,22-23H,1-3,6-7H2,(H,27,30)/t22-,23-/m1/s1. The number of rotatable bonds is 4. The summed E-state index contributed by atoms with van der Waals surface area (Å²) >= 11 is 5.79. The fourth-order valence-electron chi connectivity index (χ4n) is 4.70. The van der Waals surface area contributed by atoms with Crippen molar-refractivity contribution in [3.05, 3.63) is 78.1 Å². The first-order valence-electron chi connectivity index (χ1n) is 10.6. The molecule has 2 atom stereocenters. The van der Waals surface area contributed by atoms with Gasteiger partial charge in [-0.2, -0.15) is 0 Å². The van der Waals surface area contributed by atoms with Crippen molar-refractivity contribution in [2.24, 2.45) is 0 Å². The molecule has 1 N–H and O–H groups in total. The minimum Gasteiger partial charge on any atom is -0.459 e. The normalized spacial score (nSPS) is 22.3. The predicted molar refractivity (Wildman–Crippen MR) is 118 cm³/mol. The predicted octanol–water partition coefficient (Wildman–Crippen LogP) is 5.79. The van der Waals surface area contributed by atoms with Crippen LogP contribution < -0.4 is 5.32 Å². The first-order chi connectivity index (χ1) is 14.7. The zero-order chi connectivity index (χ0) is 20.5. The lowest BCUT2D eigenvalue weighted by molar-refractivity contribution is 0.179. The van der Waals surface area contributed by atoms with Gasteiger partial charge >= 0.3 is 0 Å². The van der Waals surface area contributed by atoms with Crippen molar-refractivity contribution in [3.63, 3.8) is 0 Å². The van der Waals surface area contributed by atoms with Gasteiger partial charge < -0.3 is 14.6 Å². The van der Waals surface area contributed by atoms with Gasteiger partial charge in [0.2, 0.25) is 0 Å². The molecule has 154 valence electrons. The molecule has 4 nitrogen and oxygen atoms in total. The van der Waals surface area contributed by atoms with E-state index in [1.807, 2.05) is 36.5 Å². The smallest absolute Gasteiger partial charge is 0.170 e. The fraction of sp³-hybridized carbons (Fsp3) is 0.333. The number of nitrogens with zero attached hydrogens (tertiary/aromatic N) is 2. The van der Waals surface area contributed by atoms with Crippen LogP contribution in [0.5, 0.6) is 0 Å². The summed E-state index contributed by atoms with van der Waals surface area (Å²) in [5.41, 5.74) is 1.80. The van der Waals surface area contributed by atoms with Gasteiger partial charge in [-0.3, -0.25) is 4.98 Å². The molecule has 1 aromatic carbocycles. The maximum absolute atomic E-state index is 13.3. The van der Waals surface area contributed by atoms with E-state index < -0.39 is 0 Å². The molecule has 0 spiro atoms. The number of hydrogen-bond donors (Lipinski definition) is 1. The summed E-state index contributed by atoms with van der Waals surface area (Å²) in [5.74, 6) is 1.32. The molecule has 3 aromatic rings. The van der Waals surface area contributed by atoms with E-state index in [0.717, 1.165) is 40.7 Å². The highest BCUT2D eigenvalue weighted by Gasteiger charge is 2.44. The van der Waals surface area contributed by atoms with Crippen LogP contribution in [0.4, 0.5) is 4.39 Å². The third kappa shape index (κ3) is 3.60. The van der Waals surface area contributed by atoms with Crippen LogP contribution in [0.15, 0.2) is 65.2 Å². The third-order valence-electron chi connectivity index (χ3n) is 6.15. The minimum atomic E-state index is -0.255. The van der Waals surface area contributed by atoms with Crippen molar-refractivity contribution in [2.75, 3.05) is 0 Å². The number of thiocarbonyl (C=S) groups is 1. The van der Waals surface area contributed by atoms with Gasteiger partial charge in [0, 0.05) is 17.8 Å². The van der Waals surface area contributed by atoms with Gasteiger partial charge in [0.25, 0.3) is 0 Å². The molecule has 0 bridgehead atoms. The lowest BCUT2D eigenvalue weighted by atomic mass is 9.92. The summed E-state index contributed by atoms with van der Waals surface area (Å²) in [6.45, 7) is 0. The molecule has 5 rings (SSSR count). The molecule has 0 radical (unpaired) electrons. The van der Waals surface area contributed by atoms with Crippen LogP contribution in [0.2, 0.25) is 0 Å². The van der Waals surface area contributed by atoms with Gasteiger partial charge in [0.15, 0.2) is 5.11 Å². The van der Waals surface area contributed by atoms with Crippen LogP contribution in [-0.2, 0) is 0 Å². The number of hydrogen-bond acceptors (Lipinski definition) is 3. The molecule has 1 saturated carbocycles. The Hall–Kier alpha value is -2.73. The van der Waals surface area contributed by atoms with Crippen LogP contribution in [0.1, 0.15) is 55.6 Å². The Morgan fingerprint density at radius 3 is 2.53 bits per heavy atom. The second-order valence-electron chi connectivity index (χ2n) is 8.03. The Labute approximate surface area is 181 Å². The number of nitrogens with one attached hydrogen (secondary N) is 1. The van der Waals surface area contributed by atoms with E-state index in [-0.39, 0.29) is 17.9 Å². The second kappa shape index (κ2) is 8.19. The zero-order valence-corrected chi connectivity index (χ0v) is 17.4. The minimum absolute atomic E-state index is 0.0651. The number of aromatic nitrogens is 1. The molecule has 0 unspecified atom stereocenters. The largest absolute Gasteiger partial charge is 0.459 e. The zero-order valence-electron chi connectivity index (χ0n) is 16.6. The van der Waals surface area contributed by atoms with Crippen molar-refractivity contribution in [3.8, 4) is 11.3 Å². The van der Waals surface area contributed by atoms with Crippen LogP contribution in [-0.4, -0.2) is 21.0 Å². The molecule has 2 aromatic heterocycles. The van der Waals surface area contributed by atoms with E-state index in [1.165, 1.54) is 31.4 Å². The maximum atomic E-state index is 13.3. The lowest BCUT2D eigenvalue weighted by Gasteiger charge is -2.36. The fourth-order valence-corrected chi connectivity index (χ4v) is 5.09. The van der Waals surface area contributed by atoms with E-state index in [2.05, 4.69) is 15.2 Å². The molecule has 2 fully saturated rings. The van der Waals surface area contributed by atoms with Crippen LogP contribution in [0.3, 0.4) is 0 Å². The Bertz CT molecular complexity index is 1010. The highest BCUT2D eigenvalue weighted by Crippen LogP contribution is 2.43. The number of halogens is 1. The van der Waals surface area contributed by atoms with Crippen molar-refractivity contribution in [2.45, 2.75) is 50.2 Å². The molecule has 6 heteroatoms. The quantitative estimate of drug-likeness (QED) is 0.540. The summed E-state index contributed by atoms with van der Waals surface area (Å²) in [6, 6.07) is 16.6. The second-order valence-corrected chi connectivity index (χ2v) is 8.42. The molecule has 1 saturated heterocycles. The molecular weight excluding hydrogens is 397 g/mol. The van der Waals surface area contributed by atoms with Crippen LogP contribution in [0, 0.1) is 5.82 Å². The van der Waals surface area contributed by atoms with E-state index in [9.17, 15) is 4.39 Å². The van der Waals surface area contributed by atoms with Crippen molar-refractivity contribution in [1.82, 2.24) is 15.2 Å². The number of furan rings is 1. The van der Waals surface area contributed by atoms with Gasteiger partial charge in [0.05, 0.1) is 11.7 Å². The molecule has 0 amide bonds. The molecule has 1 aliphatic carbocycles. The highest BCUT2D eigenvalue weighted by atomic mass is 32.1. The summed E-state index contributed by atoms with van der Waals surface area (Å²) in [6.07, 6.45) is 7.83. The summed E-state index contributed by atoms with van der Waals surface area (Å²) < 4.78 is 19.6. The Kier molecular flexibility index (Phi) is 5.25. The van der Waals surface area contributed by atoms with E-state index >= 15 is 0 Å². The van der Waals surface area contributed by atoms with E-state index in [4.69, 9.17) is 16.6 Å². The summed E-state index contributed by atoms with van der Waals surface area (Å²) in [7, 11) is 0. The topological polar surface area (TPSA) is 41.3 Å². The van der Waals surface area contributed by atoms with Crippen LogP contribution in [0.25, 0.3) is 11.3 Å². The average molecular weight is 422 g/mol. The van der Waals surface area contributed by atoms with Gasteiger partial charge in [-0.05, 0) is 73.6 Å². The van der Waals surface area contributed by atoms with E-state index in [0.29, 0.717) is 6.04 Å². The molecule has 30 heavy (non-hydrogen) atoms. The van der Waals surface area contributed by atoms with Crippen molar-refractivity contribution < 1.29 is 8.81 Å². The first-order valence-corrected chi connectivity index (χ1v) is 11.0. The summed E-state index contributed by atoms with van der Waals surface area (Å²) in [5, 5.41) is 4.27. The Morgan fingerprint density at radius 1 is 1.00 bits per heavy atom. The van der Waals surface area contributed by atoms with Gasteiger partial charge in [-0.1, -0.05) is 25.3 Å². The van der Waals surface area contributed by atoms with Crippen LogP contribution >= 0.6 is 12.2 Å². The van der Waals surface area contributed by atoms with Gasteiger partial charge in [0.1, 0.15) is 23.4 Å².